The van der Waals surface area contributed by atoms with Crippen molar-refractivity contribution in [2.45, 2.75) is 354 Å². The molecule has 0 spiro atoms. The molecule has 4 fully saturated rings. The van der Waals surface area contributed by atoms with E-state index in [0.29, 0.717) is 102 Å². The smallest absolute Gasteiger partial charge is 0.211 e. The second-order valence-electron chi connectivity index (χ2n) is 38.0. The molecule has 7 aromatic rings. The van der Waals surface area contributed by atoms with Gasteiger partial charge in [-0.1, -0.05) is 215 Å². The number of likely N-dealkylation sites (tertiary alicyclic amines) is 1. The normalized spacial score (nSPS) is 15.9. The number of sulfonamides is 1. The van der Waals surface area contributed by atoms with Gasteiger partial charge in [-0.25, -0.2) is 12.7 Å². The van der Waals surface area contributed by atoms with Crippen LogP contribution in [-0.4, -0.2) is 96.7 Å². The zero-order valence-corrected chi connectivity index (χ0v) is 76.9. The zero-order valence-electron chi connectivity index (χ0n) is 76.0. The van der Waals surface area contributed by atoms with Gasteiger partial charge >= 0.3 is 0 Å². The average molecular weight is 1570 g/mol. The van der Waals surface area contributed by atoms with Crippen molar-refractivity contribution in [2.24, 2.45) is 29.6 Å². The van der Waals surface area contributed by atoms with E-state index in [0.717, 1.165) is 99.4 Å². The monoisotopic (exact) mass is 1570 g/mol. The summed E-state index contributed by atoms with van der Waals surface area (Å²) >= 11 is 0. The predicted octanol–water partition coefficient (Wildman–Crippen LogP) is 26.9. The second kappa shape index (κ2) is 47.9. The minimum Gasteiger partial charge on any atom is -0.490 e. The Hall–Kier alpha value is -6.21. The third-order valence-electron chi connectivity index (χ3n) is 21.9. The van der Waals surface area contributed by atoms with Crippen LogP contribution >= 0.6 is 0 Å². The summed E-state index contributed by atoms with van der Waals surface area (Å²) in [5.41, 5.74) is 17.2. The molecule has 0 radical (unpaired) electrons. The van der Waals surface area contributed by atoms with Gasteiger partial charge in [0.25, 0.3) is 0 Å². The Bertz CT molecular complexity index is 3880. The van der Waals surface area contributed by atoms with Crippen molar-refractivity contribution in [3.8, 4) is 23.0 Å². The molecule has 12 heteroatoms. The van der Waals surface area contributed by atoms with E-state index in [4.69, 9.17) is 18.9 Å². The standard InChI is InChI=1S/C19H31NO3S.C19H31NO.2C19H30O.C13H18N2.C12H19N/c1-14(2)10-16-11-17(15(3)4)13-19(12-16)23-18-6-8-20(9-7-18)24(5,21)22;1-14(2)10-16-11-17(15(3)4)13-19(12-16)21-18-6-8-20(5)9-7-18;2*1-14(2)10-16-11-17(15(3)4)13-19(12-16)20-18-8-6-5-7-9-18;1-8(2)10-5-6-12-11(7-10)13(9(3)4)15-14-12;1-9(2)8-11-6-5-7-12(13-11)10(3)4/h11-15,18H,6-10H2,1-5H3;11-15,18H,6-10H2,1-5H3;2*11-15,18H,5-10H2,1-4H3;5-9H,1-4H3,(H,14,15);5-7,9-10H,8H2,1-4H3. The molecular formula is C101H159N5O6S. The summed E-state index contributed by atoms with van der Waals surface area (Å²) in [4.78, 5) is 7.00. The number of nitrogens with zero attached hydrogens (tertiary/aromatic N) is 4. The highest BCUT2D eigenvalue weighted by atomic mass is 32.2. The lowest BCUT2D eigenvalue weighted by atomic mass is 9.95. The van der Waals surface area contributed by atoms with Gasteiger partial charge in [-0.05, 0) is 310 Å². The summed E-state index contributed by atoms with van der Waals surface area (Å²) in [6.45, 7) is 57.1. The van der Waals surface area contributed by atoms with Crippen LogP contribution in [0, 0.1) is 29.6 Å². The Labute approximate surface area is 690 Å². The number of fused-ring (bicyclic) bond motifs is 1. The van der Waals surface area contributed by atoms with Gasteiger partial charge < -0.3 is 23.8 Å². The van der Waals surface area contributed by atoms with Crippen LogP contribution in [0.15, 0.2) is 109 Å². The van der Waals surface area contributed by atoms with Crippen molar-refractivity contribution < 1.29 is 27.4 Å². The Morgan fingerprint density at radius 2 is 0.708 bits per heavy atom. The third kappa shape index (κ3) is 35.3. The van der Waals surface area contributed by atoms with E-state index < -0.39 is 10.0 Å². The van der Waals surface area contributed by atoms with Crippen LogP contribution in [0.25, 0.3) is 10.9 Å². The molecule has 2 saturated carbocycles. The second-order valence-corrected chi connectivity index (χ2v) is 40.0. The van der Waals surface area contributed by atoms with Gasteiger partial charge in [0.1, 0.15) is 35.2 Å². The number of piperidine rings is 2. The number of H-pyrrole nitrogens is 1. The van der Waals surface area contributed by atoms with E-state index in [9.17, 15) is 8.42 Å². The number of pyridine rings is 1. The maximum Gasteiger partial charge on any atom is 0.211 e. The first-order chi connectivity index (χ1) is 53.4. The number of aromatic nitrogens is 3. The Morgan fingerprint density at radius 3 is 1.02 bits per heavy atom. The molecular weight excluding hydrogens is 1410 g/mol. The fourth-order valence-electron chi connectivity index (χ4n) is 15.4. The maximum absolute atomic E-state index is 11.6. The molecule has 0 atom stereocenters. The molecule has 4 heterocycles. The number of hydrogen-bond donors (Lipinski definition) is 1. The lowest BCUT2D eigenvalue weighted by molar-refractivity contribution is 0.114. The number of benzene rings is 5. The van der Waals surface area contributed by atoms with Gasteiger partial charge in [0, 0.05) is 48.6 Å². The third-order valence-corrected chi connectivity index (χ3v) is 23.2. The average Bonchev–Trinajstić information content (AvgIpc) is 1.70. The molecule has 0 amide bonds. The summed E-state index contributed by atoms with van der Waals surface area (Å²) in [5.74, 6) is 11.3. The highest BCUT2D eigenvalue weighted by Gasteiger charge is 2.27. The van der Waals surface area contributed by atoms with E-state index in [2.05, 4.69) is 302 Å². The number of aromatic amines is 1. The molecule has 2 saturated heterocycles. The first kappa shape index (κ1) is 95.6. The number of hydrogen-bond acceptors (Lipinski definition) is 9. The van der Waals surface area contributed by atoms with Crippen molar-refractivity contribution in [3.63, 3.8) is 0 Å². The summed E-state index contributed by atoms with van der Waals surface area (Å²) < 4.78 is 49.8. The minimum atomic E-state index is -3.08. The van der Waals surface area contributed by atoms with Crippen molar-refractivity contribution in [1.82, 2.24) is 24.4 Å². The first-order valence-electron chi connectivity index (χ1n) is 44.7. The molecule has 2 aliphatic heterocycles. The molecule has 4 aliphatic rings. The van der Waals surface area contributed by atoms with Crippen LogP contribution in [0.2, 0.25) is 0 Å². The summed E-state index contributed by atoms with van der Waals surface area (Å²) in [6, 6.07) is 40.0. The summed E-state index contributed by atoms with van der Waals surface area (Å²) in [6.07, 6.45) is 24.9. The van der Waals surface area contributed by atoms with Crippen LogP contribution in [0.3, 0.4) is 0 Å². The Balaban J connectivity index is 0.000000213. The van der Waals surface area contributed by atoms with E-state index >= 15 is 0 Å². The Morgan fingerprint density at radius 1 is 0.372 bits per heavy atom. The van der Waals surface area contributed by atoms with Gasteiger partial charge in [0.15, 0.2) is 0 Å². The van der Waals surface area contributed by atoms with Crippen molar-refractivity contribution >= 4 is 20.9 Å². The highest BCUT2D eigenvalue weighted by molar-refractivity contribution is 7.88. The lowest BCUT2D eigenvalue weighted by Crippen LogP contribution is -2.41. The zero-order chi connectivity index (χ0) is 83.2. The molecule has 2 aliphatic carbocycles. The number of rotatable bonds is 26. The van der Waals surface area contributed by atoms with Gasteiger partial charge in [-0.15, -0.1) is 0 Å². The molecule has 5 aromatic carbocycles. The fraction of sp³-hybridized carbons (Fsp3) is 0.644. The molecule has 11 rings (SSSR count). The van der Waals surface area contributed by atoms with Crippen molar-refractivity contribution in [3.05, 3.63) is 176 Å². The van der Waals surface area contributed by atoms with Gasteiger partial charge in [0.2, 0.25) is 10.0 Å². The number of nitrogens with one attached hydrogen (secondary N) is 1. The van der Waals surface area contributed by atoms with Crippen LogP contribution in [0.5, 0.6) is 23.0 Å². The fourth-order valence-corrected chi connectivity index (χ4v) is 16.3. The molecule has 2 aromatic heterocycles. The summed E-state index contributed by atoms with van der Waals surface area (Å²) in [7, 11) is -0.892. The van der Waals surface area contributed by atoms with Crippen LogP contribution in [-0.2, 0) is 42.1 Å². The van der Waals surface area contributed by atoms with Crippen LogP contribution < -0.4 is 18.9 Å². The van der Waals surface area contributed by atoms with E-state index in [1.54, 1.807) is 4.31 Å². The minimum absolute atomic E-state index is 0.0947. The molecule has 113 heavy (non-hydrogen) atoms. The number of ether oxygens (including phenoxy) is 4. The Kier molecular flexibility index (Phi) is 40.5. The highest BCUT2D eigenvalue weighted by Crippen LogP contribution is 2.34. The first-order valence-corrected chi connectivity index (χ1v) is 46.5. The predicted molar refractivity (Wildman–Crippen MR) is 484 cm³/mol. The SMILES string of the molecule is CC(C)Cc1cc(OC2CCCCC2)cc(C(C)C)c1.CC(C)Cc1cc(OC2CCCCC2)cc(C(C)C)c1.CC(C)Cc1cc(OC2CCN(C)CC2)cc(C(C)C)c1.CC(C)Cc1cc(OC2CCN(S(C)(=O)=O)CC2)cc(C(C)C)c1.CC(C)Cc1cccc(C(C)C)n1.CC(C)c1ccc2n[nH]c(C(C)C)c2c1. The maximum atomic E-state index is 11.6. The van der Waals surface area contributed by atoms with E-state index in [-0.39, 0.29) is 6.10 Å². The van der Waals surface area contributed by atoms with Gasteiger partial charge in [-0.3, -0.25) is 10.1 Å². The molecule has 0 unspecified atom stereocenters. The quantitative estimate of drug-likeness (QED) is 0.0565. The van der Waals surface area contributed by atoms with Crippen LogP contribution in [0.1, 0.15) is 365 Å². The lowest BCUT2D eigenvalue weighted by Gasteiger charge is -2.30. The molecule has 11 nitrogen and oxygen atoms in total. The molecule has 630 valence electrons. The van der Waals surface area contributed by atoms with Gasteiger partial charge in [-0.2, -0.15) is 5.10 Å². The largest absolute Gasteiger partial charge is 0.490 e. The topological polar surface area (TPSA) is 119 Å². The van der Waals surface area contributed by atoms with Crippen LogP contribution in [0.4, 0.5) is 0 Å². The van der Waals surface area contributed by atoms with E-state index in [1.807, 2.05) is 0 Å². The molecule has 0 bridgehead atoms. The van der Waals surface area contributed by atoms with E-state index in [1.165, 1.54) is 143 Å². The molecule has 1 N–H and O–H groups in total. The van der Waals surface area contributed by atoms with Crippen molar-refractivity contribution in [1.29, 1.82) is 0 Å². The van der Waals surface area contributed by atoms with Crippen molar-refractivity contribution in [2.75, 3.05) is 39.5 Å². The summed E-state index contributed by atoms with van der Waals surface area (Å²) in [5, 5.41) is 8.72. The van der Waals surface area contributed by atoms with Gasteiger partial charge in [0.05, 0.1) is 24.0 Å².